The summed E-state index contributed by atoms with van der Waals surface area (Å²) in [7, 11) is 0. The van der Waals surface area contributed by atoms with Crippen molar-refractivity contribution in [1.82, 2.24) is 0 Å². The second-order valence-electron chi connectivity index (χ2n) is 5.05. The summed E-state index contributed by atoms with van der Waals surface area (Å²) in [6.07, 6.45) is 0.694. The number of ether oxygens (including phenoxy) is 1. The minimum atomic E-state index is -1.06. The largest absolute Gasteiger partial charge is 0.478 e. The molecule has 0 fully saturated rings. The highest BCUT2D eigenvalue weighted by Gasteiger charge is 2.34. The first-order valence-electron chi connectivity index (χ1n) is 6.84. The van der Waals surface area contributed by atoms with Gasteiger partial charge in [0.05, 0.1) is 12.2 Å². The van der Waals surface area contributed by atoms with Crippen LogP contribution in [0.25, 0.3) is 0 Å². The fraction of sp³-hybridized carbons (Fsp3) is 0.467. The summed E-state index contributed by atoms with van der Waals surface area (Å²) in [6, 6.07) is 7.05. The Morgan fingerprint density at radius 1 is 1.45 bits per heavy atom. The van der Waals surface area contributed by atoms with Crippen LogP contribution in [0.5, 0.6) is 5.75 Å². The third-order valence-corrected chi connectivity index (χ3v) is 3.46. The SMILES string of the molecule is CCCC(C)C(=O)N1CC(C(=O)O)Oc2ccccc21. The van der Waals surface area contributed by atoms with E-state index in [1.807, 2.05) is 19.9 Å². The number of fused-ring (bicyclic) bond motifs is 1. The number of rotatable bonds is 4. The van der Waals surface area contributed by atoms with Crippen LogP contribution >= 0.6 is 0 Å². The molecule has 1 heterocycles. The number of anilines is 1. The van der Waals surface area contributed by atoms with Gasteiger partial charge in [-0.1, -0.05) is 32.4 Å². The molecule has 5 nitrogen and oxygen atoms in total. The molecule has 0 aromatic heterocycles. The second kappa shape index (κ2) is 5.94. The summed E-state index contributed by atoms with van der Waals surface area (Å²) in [4.78, 5) is 25.2. The Balaban J connectivity index is 2.31. The van der Waals surface area contributed by atoms with E-state index in [0.717, 1.165) is 12.8 Å². The van der Waals surface area contributed by atoms with E-state index in [9.17, 15) is 9.59 Å². The van der Waals surface area contributed by atoms with Crippen LogP contribution in [0, 0.1) is 5.92 Å². The number of carbonyl (C=O) groups is 2. The lowest BCUT2D eigenvalue weighted by atomic mass is 10.0. The standard InChI is InChI=1S/C15H19NO4/c1-3-6-10(2)14(17)16-9-13(15(18)19)20-12-8-5-4-7-11(12)16/h4-5,7-8,10,13H,3,6,9H2,1-2H3,(H,18,19). The molecule has 1 aliphatic heterocycles. The van der Waals surface area contributed by atoms with Crippen molar-refractivity contribution in [1.29, 1.82) is 0 Å². The maximum atomic E-state index is 12.5. The number of amides is 1. The molecule has 1 aromatic rings. The Hall–Kier alpha value is -2.04. The van der Waals surface area contributed by atoms with E-state index >= 15 is 0 Å². The second-order valence-corrected chi connectivity index (χ2v) is 5.05. The fourth-order valence-electron chi connectivity index (χ4n) is 2.39. The van der Waals surface area contributed by atoms with Crippen molar-refractivity contribution in [2.24, 2.45) is 5.92 Å². The summed E-state index contributed by atoms with van der Waals surface area (Å²) in [6.45, 7) is 3.95. The van der Waals surface area contributed by atoms with Crippen molar-refractivity contribution in [2.75, 3.05) is 11.4 Å². The van der Waals surface area contributed by atoms with Crippen LogP contribution in [-0.2, 0) is 9.59 Å². The summed E-state index contributed by atoms with van der Waals surface area (Å²) in [5.74, 6) is -0.780. The van der Waals surface area contributed by atoms with Gasteiger partial charge in [-0.15, -0.1) is 0 Å². The van der Waals surface area contributed by atoms with Gasteiger partial charge in [-0.05, 0) is 18.6 Å². The Bertz CT molecular complexity index is 514. The van der Waals surface area contributed by atoms with E-state index in [1.54, 1.807) is 18.2 Å². The number of aliphatic carboxylic acids is 1. The van der Waals surface area contributed by atoms with Crippen LogP contribution in [-0.4, -0.2) is 29.6 Å². The average Bonchev–Trinajstić information content (AvgIpc) is 2.45. The number of hydrogen-bond acceptors (Lipinski definition) is 3. The van der Waals surface area contributed by atoms with Gasteiger partial charge in [-0.25, -0.2) is 4.79 Å². The first-order valence-corrected chi connectivity index (χ1v) is 6.84. The zero-order valence-corrected chi connectivity index (χ0v) is 11.7. The molecule has 0 bridgehead atoms. The lowest BCUT2D eigenvalue weighted by Gasteiger charge is -2.34. The van der Waals surface area contributed by atoms with E-state index in [-0.39, 0.29) is 18.4 Å². The Kier molecular flexibility index (Phi) is 4.27. The third-order valence-electron chi connectivity index (χ3n) is 3.46. The number of carboxylic acids is 1. The monoisotopic (exact) mass is 277 g/mol. The minimum absolute atomic E-state index is 0.0474. The molecule has 0 radical (unpaired) electrons. The zero-order valence-electron chi connectivity index (χ0n) is 11.7. The highest BCUT2D eigenvalue weighted by molar-refractivity contribution is 5.97. The third kappa shape index (κ3) is 2.76. The van der Waals surface area contributed by atoms with Gasteiger partial charge in [-0.3, -0.25) is 4.79 Å². The molecule has 0 saturated carbocycles. The number of hydrogen-bond donors (Lipinski definition) is 1. The van der Waals surface area contributed by atoms with Crippen LogP contribution in [0.3, 0.4) is 0 Å². The van der Waals surface area contributed by atoms with Crippen molar-refractivity contribution in [3.8, 4) is 5.75 Å². The van der Waals surface area contributed by atoms with E-state index in [1.165, 1.54) is 4.90 Å². The molecule has 1 aromatic carbocycles. The van der Waals surface area contributed by atoms with E-state index in [0.29, 0.717) is 11.4 Å². The molecule has 5 heteroatoms. The van der Waals surface area contributed by atoms with E-state index in [2.05, 4.69) is 0 Å². The minimum Gasteiger partial charge on any atom is -0.478 e. The molecule has 1 amide bonds. The highest BCUT2D eigenvalue weighted by atomic mass is 16.5. The van der Waals surface area contributed by atoms with Gasteiger partial charge in [0.25, 0.3) is 0 Å². The first-order chi connectivity index (χ1) is 9.54. The maximum absolute atomic E-state index is 12.5. The maximum Gasteiger partial charge on any atom is 0.346 e. The fourth-order valence-corrected chi connectivity index (χ4v) is 2.39. The van der Waals surface area contributed by atoms with Gasteiger partial charge >= 0.3 is 5.97 Å². The molecule has 2 atom stereocenters. The van der Waals surface area contributed by atoms with Crippen molar-refractivity contribution >= 4 is 17.6 Å². The Morgan fingerprint density at radius 2 is 2.15 bits per heavy atom. The molecule has 20 heavy (non-hydrogen) atoms. The van der Waals surface area contributed by atoms with Gasteiger partial charge in [0.2, 0.25) is 12.0 Å². The predicted molar refractivity (Wildman–Crippen MR) is 74.9 cm³/mol. The predicted octanol–water partition coefficient (Wildman–Crippen LogP) is 2.30. The van der Waals surface area contributed by atoms with Crippen molar-refractivity contribution in [3.05, 3.63) is 24.3 Å². The zero-order chi connectivity index (χ0) is 14.7. The molecular weight excluding hydrogens is 258 g/mol. The van der Waals surface area contributed by atoms with Crippen LogP contribution in [0.2, 0.25) is 0 Å². The molecule has 0 spiro atoms. The van der Waals surface area contributed by atoms with Crippen molar-refractivity contribution in [2.45, 2.75) is 32.8 Å². The number of carboxylic acid groups (broad SMARTS) is 1. The molecule has 108 valence electrons. The van der Waals surface area contributed by atoms with Gasteiger partial charge in [0.15, 0.2) is 0 Å². The molecule has 0 aliphatic carbocycles. The van der Waals surface area contributed by atoms with Gasteiger partial charge < -0.3 is 14.7 Å². The van der Waals surface area contributed by atoms with Crippen LogP contribution in [0.4, 0.5) is 5.69 Å². The molecule has 2 unspecified atom stereocenters. The quantitative estimate of drug-likeness (QED) is 0.917. The van der Waals surface area contributed by atoms with Crippen molar-refractivity contribution in [3.63, 3.8) is 0 Å². The summed E-state index contributed by atoms with van der Waals surface area (Å²) < 4.78 is 5.42. The van der Waals surface area contributed by atoms with Crippen LogP contribution in [0.1, 0.15) is 26.7 Å². The van der Waals surface area contributed by atoms with Gasteiger partial charge in [-0.2, -0.15) is 0 Å². The van der Waals surface area contributed by atoms with Crippen LogP contribution in [0.15, 0.2) is 24.3 Å². The smallest absolute Gasteiger partial charge is 0.346 e. The normalized spacial score (nSPS) is 18.9. The lowest BCUT2D eigenvalue weighted by molar-refractivity contribution is -0.145. The summed E-state index contributed by atoms with van der Waals surface area (Å²) in [5.41, 5.74) is 0.651. The molecule has 1 N–H and O–H groups in total. The van der Waals surface area contributed by atoms with Crippen LogP contribution < -0.4 is 9.64 Å². The number of nitrogens with zero attached hydrogens (tertiary/aromatic N) is 1. The number of benzene rings is 1. The van der Waals surface area contributed by atoms with E-state index in [4.69, 9.17) is 9.84 Å². The van der Waals surface area contributed by atoms with E-state index < -0.39 is 12.1 Å². The highest BCUT2D eigenvalue weighted by Crippen LogP contribution is 2.34. The summed E-state index contributed by atoms with van der Waals surface area (Å²) >= 11 is 0. The number of para-hydroxylation sites is 2. The van der Waals surface area contributed by atoms with Gasteiger partial charge in [0, 0.05) is 5.92 Å². The molecule has 1 aliphatic rings. The first kappa shape index (κ1) is 14.4. The average molecular weight is 277 g/mol. The Labute approximate surface area is 118 Å². The topological polar surface area (TPSA) is 66.8 Å². The molecular formula is C15H19NO4. The lowest BCUT2D eigenvalue weighted by Crippen LogP contribution is -2.48. The number of carbonyl (C=O) groups excluding carboxylic acids is 1. The summed E-state index contributed by atoms with van der Waals surface area (Å²) in [5, 5.41) is 9.14. The Morgan fingerprint density at radius 3 is 2.80 bits per heavy atom. The van der Waals surface area contributed by atoms with Gasteiger partial charge in [0.1, 0.15) is 5.75 Å². The molecule has 2 rings (SSSR count). The van der Waals surface area contributed by atoms with Crippen molar-refractivity contribution < 1.29 is 19.4 Å². The molecule has 0 saturated heterocycles.